The average Bonchev–Trinajstić information content (AvgIpc) is 2.84. The lowest BCUT2D eigenvalue weighted by molar-refractivity contribution is -0.135. The van der Waals surface area contributed by atoms with Crippen molar-refractivity contribution in [1.29, 1.82) is 0 Å². The summed E-state index contributed by atoms with van der Waals surface area (Å²) >= 11 is 0. The first-order valence-corrected chi connectivity index (χ1v) is 12.0. The van der Waals surface area contributed by atoms with Gasteiger partial charge in [-0.15, -0.1) is 0 Å². The Balaban J connectivity index is 1.36. The lowest BCUT2D eigenvalue weighted by Gasteiger charge is -2.57. The highest BCUT2D eigenvalue weighted by Crippen LogP contribution is 2.42. The Bertz CT molecular complexity index is 1120. The first kappa shape index (κ1) is 22.7. The van der Waals surface area contributed by atoms with Crippen molar-refractivity contribution in [2.75, 3.05) is 26.2 Å². The van der Waals surface area contributed by atoms with Crippen molar-refractivity contribution in [3.8, 4) is 11.1 Å². The van der Waals surface area contributed by atoms with E-state index in [-0.39, 0.29) is 36.3 Å². The highest BCUT2D eigenvalue weighted by molar-refractivity contribution is 5.78. The Morgan fingerprint density at radius 3 is 2.50 bits per heavy atom. The molecule has 1 amide bonds. The molecule has 0 aliphatic carbocycles. The fourth-order valence-electron chi connectivity index (χ4n) is 5.52. The molecule has 2 aromatic carbocycles. The lowest BCUT2D eigenvalue weighted by atomic mass is 9.74. The molecule has 34 heavy (non-hydrogen) atoms. The molecule has 1 N–H and O–H groups in total. The molecular weight excluding hydrogens is 429 g/mol. The molecule has 176 valence electrons. The lowest BCUT2D eigenvalue weighted by Crippen LogP contribution is -2.68. The molecule has 5 nitrogen and oxygen atoms in total. The molecule has 2 saturated heterocycles. The van der Waals surface area contributed by atoms with Crippen LogP contribution in [0.5, 0.6) is 0 Å². The third-order valence-corrected chi connectivity index (χ3v) is 7.26. The summed E-state index contributed by atoms with van der Waals surface area (Å²) in [6.45, 7) is 2.40. The number of halogens is 1. The number of rotatable bonds is 5. The molecule has 5 rings (SSSR count). The molecular formula is C28H30FN3O2. The van der Waals surface area contributed by atoms with Gasteiger partial charge in [-0.3, -0.25) is 14.7 Å². The molecule has 0 saturated carbocycles. The quantitative estimate of drug-likeness (QED) is 0.629. The Labute approximate surface area is 199 Å². The van der Waals surface area contributed by atoms with Gasteiger partial charge < -0.3 is 10.0 Å². The summed E-state index contributed by atoms with van der Waals surface area (Å²) in [6, 6.07) is 20.6. The summed E-state index contributed by atoms with van der Waals surface area (Å²) in [5.74, 6) is -0.00930. The molecule has 1 aromatic heterocycles. The van der Waals surface area contributed by atoms with E-state index in [9.17, 15) is 14.3 Å². The minimum absolute atomic E-state index is 0.0372. The van der Waals surface area contributed by atoms with Gasteiger partial charge in [-0.1, -0.05) is 48.5 Å². The molecule has 0 spiro atoms. The second-order valence-electron chi connectivity index (χ2n) is 9.23. The van der Waals surface area contributed by atoms with E-state index in [1.165, 1.54) is 6.07 Å². The Kier molecular flexibility index (Phi) is 6.70. The standard InChI is InChI=1S/C28H30FN3O2/c29-24-9-2-1-8-23(24)20-10-12-21(13-11-20)28-25-18-31(15-5-6-16-32(25)26(28)19-33)27(34)17-22-7-3-4-14-30-22/h1-4,7-14,25-26,28,33H,5-6,15-19H2/t25-,26+,28-/m0/s1. The van der Waals surface area contributed by atoms with Gasteiger partial charge in [0.1, 0.15) is 5.82 Å². The van der Waals surface area contributed by atoms with E-state index in [4.69, 9.17) is 0 Å². The normalized spacial score (nSPS) is 22.9. The molecule has 3 heterocycles. The fraction of sp³-hybridized carbons (Fsp3) is 0.357. The molecule has 3 atom stereocenters. The summed E-state index contributed by atoms with van der Waals surface area (Å²) in [6.07, 6.45) is 3.98. The van der Waals surface area contributed by atoms with Crippen LogP contribution in [0.15, 0.2) is 72.9 Å². The van der Waals surface area contributed by atoms with Crippen LogP contribution in [0.2, 0.25) is 0 Å². The van der Waals surface area contributed by atoms with E-state index in [2.05, 4.69) is 9.88 Å². The van der Waals surface area contributed by atoms with Gasteiger partial charge in [-0.25, -0.2) is 4.39 Å². The van der Waals surface area contributed by atoms with E-state index < -0.39 is 0 Å². The van der Waals surface area contributed by atoms with Gasteiger partial charge in [0.25, 0.3) is 0 Å². The molecule has 3 aromatic rings. The van der Waals surface area contributed by atoms with Crippen LogP contribution in [0, 0.1) is 5.82 Å². The zero-order valence-electron chi connectivity index (χ0n) is 19.2. The van der Waals surface area contributed by atoms with Crippen LogP contribution in [0.25, 0.3) is 11.1 Å². The smallest absolute Gasteiger partial charge is 0.228 e. The van der Waals surface area contributed by atoms with Crippen LogP contribution in [0.1, 0.15) is 30.0 Å². The zero-order chi connectivity index (χ0) is 23.5. The monoisotopic (exact) mass is 459 g/mol. The van der Waals surface area contributed by atoms with Crippen LogP contribution < -0.4 is 0 Å². The molecule has 0 bridgehead atoms. The molecule has 0 radical (unpaired) electrons. The summed E-state index contributed by atoms with van der Waals surface area (Å²) in [5, 5.41) is 10.2. The van der Waals surface area contributed by atoms with Crippen molar-refractivity contribution < 1.29 is 14.3 Å². The Hall–Kier alpha value is -3.09. The predicted molar refractivity (Wildman–Crippen MR) is 130 cm³/mol. The third-order valence-electron chi connectivity index (χ3n) is 7.26. The van der Waals surface area contributed by atoms with Crippen molar-refractivity contribution in [2.24, 2.45) is 0 Å². The summed E-state index contributed by atoms with van der Waals surface area (Å²) in [7, 11) is 0. The number of aliphatic hydroxyl groups is 1. The minimum Gasteiger partial charge on any atom is -0.395 e. The average molecular weight is 460 g/mol. The van der Waals surface area contributed by atoms with Crippen LogP contribution in [-0.4, -0.2) is 64.1 Å². The van der Waals surface area contributed by atoms with Crippen molar-refractivity contribution in [2.45, 2.75) is 37.3 Å². The van der Waals surface area contributed by atoms with Crippen molar-refractivity contribution >= 4 is 5.91 Å². The highest BCUT2D eigenvalue weighted by Gasteiger charge is 2.49. The first-order valence-electron chi connectivity index (χ1n) is 12.0. The van der Waals surface area contributed by atoms with E-state index in [0.29, 0.717) is 18.5 Å². The van der Waals surface area contributed by atoms with E-state index >= 15 is 0 Å². The fourth-order valence-corrected chi connectivity index (χ4v) is 5.52. The maximum atomic E-state index is 14.2. The Morgan fingerprint density at radius 2 is 1.76 bits per heavy atom. The zero-order valence-corrected chi connectivity index (χ0v) is 19.2. The molecule has 6 heteroatoms. The molecule has 2 aliphatic rings. The summed E-state index contributed by atoms with van der Waals surface area (Å²) in [5.41, 5.74) is 3.33. The maximum Gasteiger partial charge on any atom is 0.228 e. The number of nitrogens with zero attached hydrogens (tertiary/aromatic N) is 3. The number of carbonyl (C=O) groups excluding carboxylic acids is 1. The van der Waals surface area contributed by atoms with Crippen molar-refractivity contribution in [1.82, 2.24) is 14.8 Å². The van der Waals surface area contributed by atoms with Crippen molar-refractivity contribution in [3.05, 3.63) is 90.0 Å². The van der Waals surface area contributed by atoms with Crippen molar-refractivity contribution in [3.63, 3.8) is 0 Å². The van der Waals surface area contributed by atoms with Gasteiger partial charge in [-0.2, -0.15) is 0 Å². The predicted octanol–water partition coefficient (Wildman–Crippen LogP) is 3.88. The molecule has 0 unspecified atom stereocenters. The number of carbonyl (C=O) groups is 1. The SMILES string of the molecule is O=C(Cc1ccccn1)N1CCCCN2[C@H](CO)[C@@H](c3ccc(-c4ccccc4F)cc3)[C@@H]2C1. The topological polar surface area (TPSA) is 56.7 Å². The minimum atomic E-state index is -0.236. The van der Waals surface area contributed by atoms with E-state index in [1.807, 2.05) is 53.4 Å². The van der Waals surface area contributed by atoms with Crippen LogP contribution >= 0.6 is 0 Å². The number of hydrogen-bond acceptors (Lipinski definition) is 4. The number of fused-ring (bicyclic) bond motifs is 1. The van der Waals surface area contributed by atoms with Crippen LogP contribution in [0.4, 0.5) is 4.39 Å². The van der Waals surface area contributed by atoms with Gasteiger partial charge >= 0.3 is 0 Å². The number of aliphatic hydroxyl groups excluding tert-OH is 1. The highest BCUT2D eigenvalue weighted by atomic mass is 19.1. The van der Waals surface area contributed by atoms with E-state index in [0.717, 1.165) is 42.8 Å². The van der Waals surface area contributed by atoms with Gasteiger partial charge in [0.05, 0.1) is 13.0 Å². The van der Waals surface area contributed by atoms with Gasteiger partial charge in [0, 0.05) is 48.5 Å². The summed E-state index contributed by atoms with van der Waals surface area (Å²) in [4.78, 5) is 21.8. The number of amides is 1. The van der Waals surface area contributed by atoms with Gasteiger partial charge in [0.2, 0.25) is 5.91 Å². The Morgan fingerprint density at radius 1 is 1.00 bits per heavy atom. The number of aromatic nitrogens is 1. The maximum absolute atomic E-state index is 14.2. The largest absolute Gasteiger partial charge is 0.395 e. The second kappa shape index (κ2) is 10.0. The first-order chi connectivity index (χ1) is 16.7. The van der Waals surface area contributed by atoms with Gasteiger partial charge in [0.15, 0.2) is 0 Å². The summed E-state index contributed by atoms with van der Waals surface area (Å²) < 4.78 is 14.2. The van der Waals surface area contributed by atoms with Crippen LogP contribution in [-0.2, 0) is 11.2 Å². The molecule has 2 fully saturated rings. The third kappa shape index (κ3) is 4.48. The van der Waals surface area contributed by atoms with E-state index in [1.54, 1.807) is 18.3 Å². The van der Waals surface area contributed by atoms with Gasteiger partial charge in [-0.05, 0) is 48.7 Å². The number of pyridine rings is 1. The molecule has 2 aliphatic heterocycles. The van der Waals surface area contributed by atoms with Crippen LogP contribution in [0.3, 0.4) is 0 Å². The number of hydrogen-bond donors (Lipinski definition) is 1. The second-order valence-corrected chi connectivity index (χ2v) is 9.23. The number of benzene rings is 2.